The first kappa shape index (κ1) is 19.5. The lowest BCUT2D eigenvalue weighted by molar-refractivity contribution is -0.137. The van der Waals surface area contributed by atoms with E-state index in [1.54, 1.807) is 11.0 Å². The molecule has 140 valence electrons. The van der Waals surface area contributed by atoms with E-state index in [1.807, 2.05) is 0 Å². The lowest BCUT2D eigenvalue weighted by Gasteiger charge is -2.36. The zero-order valence-electron chi connectivity index (χ0n) is 14.0. The van der Waals surface area contributed by atoms with Crippen LogP contribution in [0, 0.1) is 0 Å². The van der Waals surface area contributed by atoms with E-state index in [0.29, 0.717) is 31.9 Å². The maximum absolute atomic E-state index is 12.8. The van der Waals surface area contributed by atoms with Crippen LogP contribution in [-0.2, 0) is 21.0 Å². The highest BCUT2D eigenvalue weighted by Gasteiger charge is 2.31. The summed E-state index contributed by atoms with van der Waals surface area (Å²) in [5, 5.41) is 0. The van der Waals surface area contributed by atoms with Crippen molar-refractivity contribution >= 4 is 21.6 Å². The van der Waals surface area contributed by atoms with Crippen molar-refractivity contribution in [3.63, 3.8) is 0 Å². The van der Waals surface area contributed by atoms with Crippen LogP contribution in [0.25, 0.3) is 0 Å². The smallest absolute Gasteiger partial charge is 0.368 e. The van der Waals surface area contributed by atoms with Gasteiger partial charge in [0, 0.05) is 38.9 Å². The van der Waals surface area contributed by atoms with Crippen LogP contribution in [0.1, 0.15) is 5.56 Å². The minimum atomic E-state index is -4.40. The number of benzene rings is 1. The molecule has 6 nitrogen and oxygen atoms in total. The number of alkyl halides is 3. The molecule has 1 fully saturated rings. The van der Waals surface area contributed by atoms with E-state index in [-0.39, 0.29) is 12.5 Å². The Morgan fingerprint density at radius 3 is 2.32 bits per heavy atom. The molecule has 0 unspecified atom stereocenters. The lowest BCUT2D eigenvalue weighted by Crippen LogP contribution is -2.51. The van der Waals surface area contributed by atoms with E-state index in [1.165, 1.54) is 18.0 Å². The Kier molecular flexibility index (Phi) is 5.62. The van der Waals surface area contributed by atoms with Gasteiger partial charge in [0.2, 0.25) is 15.9 Å². The van der Waals surface area contributed by atoms with E-state index < -0.39 is 21.8 Å². The first-order chi connectivity index (χ1) is 11.5. The molecule has 1 heterocycles. The van der Waals surface area contributed by atoms with E-state index in [2.05, 4.69) is 0 Å². The number of hydrogen-bond acceptors (Lipinski definition) is 4. The van der Waals surface area contributed by atoms with Crippen molar-refractivity contribution in [1.29, 1.82) is 0 Å². The molecule has 1 amide bonds. The topological polar surface area (TPSA) is 60.9 Å². The molecule has 0 saturated carbocycles. The summed E-state index contributed by atoms with van der Waals surface area (Å²) in [6.45, 7) is 1.17. The fourth-order valence-electron chi connectivity index (χ4n) is 2.50. The van der Waals surface area contributed by atoms with Crippen LogP contribution in [0.2, 0.25) is 0 Å². The van der Waals surface area contributed by atoms with Gasteiger partial charge in [0.15, 0.2) is 0 Å². The molecule has 0 N–H and O–H groups in total. The van der Waals surface area contributed by atoms with Crippen molar-refractivity contribution in [2.24, 2.45) is 0 Å². The molecule has 0 atom stereocenters. The first-order valence-corrected chi connectivity index (χ1v) is 9.44. The van der Waals surface area contributed by atoms with Gasteiger partial charge in [-0.1, -0.05) is 6.07 Å². The van der Waals surface area contributed by atoms with E-state index >= 15 is 0 Å². The van der Waals surface area contributed by atoms with E-state index in [9.17, 15) is 26.4 Å². The maximum Gasteiger partial charge on any atom is 0.416 e. The van der Waals surface area contributed by atoms with Crippen LogP contribution in [0.15, 0.2) is 24.3 Å². The number of halogens is 3. The molecule has 0 radical (unpaired) electrons. The third-order valence-electron chi connectivity index (χ3n) is 4.10. The summed E-state index contributed by atoms with van der Waals surface area (Å²) in [4.78, 5) is 15.4. The summed E-state index contributed by atoms with van der Waals surface area (Å²) in [6.07, 6.45) is -3.38. The Morgan fingerprint density at radius 2 is 1.80 bits per heavy atom. The maximum atomic E-state index is 12.8. The van der Waals surface area contributed by atoms with Gasteiger partial charge in [-0.2, -0.15) is 17.5 Å². The van der Waals surface area contributed by atoms with Crippen molar-refractivity contribution in [2.75, 3.05) is 50.9 Å². The molecule has 0 aliphatic carbocycles. The third kappa shape index (κ3) is 5.08. The van der Waals surface area contributed by atoms with Crippen molar-refractivity contribution in [3.05, 3.63) is 29.8 Å². The van der Waals surface area contributed by atoms with Crippen LogP contribution < -0.4 is 4.90 Å². The second-order valence-corrected chi connectivity index (χ2v) is 8.02. The van der Waals surface area contributed by atoms with Crippen LogP contribution >= 0.6 is 0 Å². The summed E-state index contributed by atoms with van der Waals surface area (Å²) in [5.74, 6) is -0.323. The number of nitrogens with zero attached hydrogens (tertiary/aromatic N) is 3. The fourth-order valence-corrected chi connectivity index (χ4v) is 2.85. The number of hydrogen-bond donors (Lipinski definition) is 0. The minimum Gasteiger partial charge on any atom is -0.368 e. The van der Waals surface area contributed by atoms with Crippen LogP contribution in [0.3, 0.4) is 0 Å². The highest BCUT2D eigenvalue weighted by Crippen LogP contribution is 2.31. The quantitative estimate of drug-likeness (QED) is 0.790. The number of sulfonamides is 1. The van der Waals surface area contributed by atoms with E-state index in [4.69, 9.17) is 0 Å². The number of amides is 1. The largest absolute Gasteiger partial charge is 0.416 e. The van der Waals surface area contributed by atoms with Gasteiger partial charge in [-0.05, 0) is 18.2 Å². The highest BCUT2D eigenvalue weighted by molar-refractivity contribution is 7.88. The Bertz CT molecular complexity index is 729. The van der Waals surface area contributed by atoms with Gasteiger partial charge in [-0.15, -0.1) is 0 Å². The zero-order valence-corrected chi connectivity index (χ0v) is 14.8. The predicted molar refractivity (Wildman–Crippen MR) is 87.7 cm³/mol. The molecular formula is C15H20F3N3O3S. The second-order valence-electron chi connectivity index (χ2n) is 5.93. The molecule has 0 aromatic heterocycles. The lowest BCUT2D eigenvalue weighted by atomic mass is 10.1. The summed E-state index contributed by atoms with van der Waals surface area (Å²) in [7, 11) is -2.11. The molecule has 2 rings (SSSR count). The van der Waals surface area contributed by atoms with Gasteiger partial charge in [0.1, 0.15) is 0 Å². The fraction of sp³-hybridized carbons (Fsp3) is 0.533. The average Bonchev–Trinajstić information content (AvgIpc) is 2.53. The molecule has 1 aromatic carbocycles. The number of carbonyl (C=O) groups is 1. The Morgan fingerprint density at radius 1 is 1.20 bits per heavy atom. The summed E-state index contributed by atoms with van der Waals surface area (Å²) >= 11 is 0. The zero-order chi connectivity index (χ0) is 18.8. The van der Waals surface area contributed by atoms with Crippen molar-refractivity contribution in [2.45, 2.75) is 6.18 Å². The Labute approximate surface area is 144 Å². The molecular weight excluding hydrogens is 359 g/mol. The van der Waals surface area contributed by atoms with Gasteiger partial charge in [0.05, 0.1) is 18.4 Å². The third-order valence-corrected chi connectivity index (χ3v) is 5.36. The molecule has 25 heavy (non-hydrogen) atoms. The number of rotatable bonds is 4. The normalized spacial score (nSPS) is 16.4. The number of carbonyl (C=O) groups excluding carboxylic acids is 1. The van der Waals surface area contributed by atoms with Gasteiger partial charge in [-0.25, -0.2) is 8.42 Å². The molecule has 0 bridgehead atoms. The van der Waals surface area contributed by atoms with Gasteiger partial charge in [0.25, 0.3) is 0 Å². The van der Waals surface area contributed by atoms with Crippen LogP contribution in [0.5, 0.6) is 0 Å². The van der Waals surface area contributed by atoms with E-state index in [0.717, 1.165) is 22.7 Å². The second kappa shape index (κ2) is 7.20. The van der Waals surface area contributed by atoms with Crippen molar-refractivity contribution in [1.82, 2.24) is 9.21 Å². The predicted octanol–water partition coefficient (Wildman–Crippen LogP) is 1.25. The average molecular weight is 379 g/mol. The summed E-state index contributed by atoms with van der Waals surface area (Å²) < 4.78 is 62.1. The number of piperazine rings is 1. The molecule has 10 heteroatoms. The van der Waals surface area contributed by atoms with Crippen molar-refractivity contribution < 1.29 is 26.4 Å². The Hall–Kier alpha value is -1.81. The van der Waals surface area contributed by atoms with Crippen LogP contribution in [0.4, 0.5) is 18.9 Å². The van der Waals surface area contributed by atoms with Crippen molar-refractivity contribution in [3.8, 4) is 0 Å². The summed E-state index contributed by atoms with van der Waals surface area (Å²) in [6, 6.07) is 5.07. The highest BCUT2D eigenvalue weighted by atomic mass is 32.2. The van der Waals surface area contributed by atoms with Gasteiger partial charge < -0.3 is 9.80 Å². The standard InChI is InChI=1S/C15H20F3N3O3S/c1-19(25(2,23)24)11-14(22)21-8-6-20(7-9-21)13-5-3-4-12(10-13)15(16,17)18/h3-5,10H,6-9,11H2,1-2H3. The first-order valence-electron chi connectivity index (χ1n) is 7.60. The monoisotopic (exact) mass is 379 g/mol. The number of anilines is 1. The summed E-state index contributed by atoms with van der Waals surface area (Å²) in [5.41, 5.74) is -0.256. The molecule has 1 aliphatic rings. The SMILES string of the molecule is CN(CC(=O)N1CCN(c2cccc(C(F)(F)F)c2)CC1)S(C)(=O)=O. The van der Waals surface area contributed by atoms with Gasteiger partial charge in [-0.3, -0.25) is 4.79 Å². The van der Waals surface area contributed by atoms with Gasteiger partial charge >= 0.3 is 6.18 Å². The molecule has 1 aliphatic heterocycles. The van der Waals surface area contributed by atoms with Crippen LogP contribution in [-0.4, -0.2) is 69.6 Å². The molecule has 1 saturated heterocycles. The number of likely N-dealkylation sites (N-methyl/N-ethyl adjacent to an activating group) is 1. The minimum absolute atomic E-state index is 0.248. The Balaban J connectivity index is 1.97. The molecule has 0 spiro atoms. The molecule has 1 aromatic rings.